The smallest absolute Gasteiger partial charge is 0.282 e. The van der Waals surface area contributed by atoms with Gasteiger partial charge in [0.25, 0.3) is 5.91 Å². The molecule has 110 valence electrons. The van der Waals surface area contributed by atoms with Gasteiger partial charge < -0.3 is 9.64 Å². The largest absolute Gasteiger partial charge is 0.367 e. The topological polar surface area (TPSA) is 71.1 Å². The van der Waals surface area contributed by atoms with Crippen molar-refractivity contribution < 1.29 is 13.9 Å². The molecule has 0 radical (unpaired) electrons. The lowest BCUT2D eigenvalue weighted by molar-refractivity contribution is -0.136. The predicted molar refractivity (Wildman–Crippen MR) is 70.6 cm³/mol. The number of H-pyrrole nitrogens is 1. The molecule has 1 fully saturated rings. The minimum absolute atomic E-state index is 0.174. The van der Waals surface area contributed by atoms with E-state index in [-0.39, 0.29) is 12.0 Å². The second kappa shape index (κ2) is 5.32. The number of halogens is 1. The molecule has 6 nitrogen and oxygen atoms in total. The first-order chi connectivity index (χ1) is 9.29. The number of carbonyl (C=O) groups is 1. The number of nitrogens with zero attached hydrogens (tertiary/aromatic N) is 3. The van der Waals surface area contributed by atoms with Gasteiger partial charge in [-0.2, -0.15) is 5.10 Å². The van der Waals surface area contributed by atoms with Crippen LogP contribution in [0.3, 0.4) is 0 Å². The maximum absolute atomic E-state index is 12.9. The van der Waals surface area contributed by atoms with E-state index in [4.69, 9.17) is 4.74 Å². The molecule has 7 heteroatoms. The molecule has 2 rings (SSSR count). The Balaban J connectivity index is 2.11. The number of rotatable bonds is 2. The molecule has 0 aromatic carbocycles. The van der Waals surface area contributed by atoms with Gasteiger partial charge in [-0.3, -0.25) is 9.89 Å². The molecular formula is C13H19FN4O2. The molecule has 1 aliphatic heterocycles. The molecule has 1 aliphatic rings. The highest BCUT2D eigenvalue weighted by molar-refractivity contribution is 5.90. The number of hydrogen-bond donors (Lipinski definition) is 1. The lowest BCUT2D eigenvalue weighted by Crippen LogP contribution is -2.42. The molecule has 1 atom stereocenters. The first-order valence-electron chi connectivity index (χ1n) is 6.47. The van der Waals surface area contributed by atoms with E-state index in [0.29, 0.717) is 24.8 Å². The highest BCUT2D eigenvalue weighted by Crippen LogP contribution is 2.23. The van der Waals surface area contributed by atoms with Crippen molar-refractivity contribution in [2.24, 2.45) is 0 Å². The number of nitrogens with one attached hydrogen (secondary N) is 1. The third-order valence-corrected chi connectivity index (χ3v) is 3.06. The molecule has 0 spiro atoms. The molecule has 0 saturated carbocycles. The Morgan fingerprint density at radius 1 is 1.55 bits per heavy atom. The maximum atomic E-state index is 12.9. The van der Waals surface area contributed by atoms with Gasteiger partial charge in [-0.25, -0.2) is 9.37 Å². The van der Waals surface area contributed by atoms with E-state index in [1.807, 2.05) is 20.8 Å². The summed E-state index contributed by atoms with van der Waals surface area (Å²) in [5.41, 5.74) is -0.174. The van der Waals surface area contributed by atoms with E-state index in [0.717, 1.165) is 0 Å². The van der Waals surface area contributed by atoms with Crippen molar-refractivity contribution >= 4 is 5.91 Å². The highest BCUT2D eigenvalue weighted by Gasteiger charge is 2.30. The van der Waals surface area contributed by atoms with Crippen molar-refractivity contribution in [3.63, 3.8) is 0 Å². The van der Waals surface area contributed by atoms with Crippen molar-refractivity contribution in [3.8, 4) is 0 Å². The Bertz CT molecular complexity index is 521. The van der Waals surface area contributed by atoms with E-state index < -0.39 is 17.8 Å². The van der Waals surface area contributed by atoms with Crippen LogP contribution >= 0.6 is 0 Å². The second-order valence-corrected chi connectivity index (χ2v) is 5.81. The van der Waals surface area contributed by atoms with Crippen LogP contribution < -0.4 is 0 Å². The molecule has 1 saturated heterocycles. The van der Waals surface area contributed by atoms with E-state index in [2.05, 4.69) is 21.8 Å². The fourth-order valence-corrected chi connectivity index (χ4v) is 1.92. The minimum Gasteiger partial charge on any atom is -0.367 e. The van der Waals surface area contributed by atoms with Crippen molar-refractivity contribution in [2.45, 2.75) is 32.3 Å². The SMILES string of the molecule is C=C(F)C(=O)N1CCOC(c2nc(C(C)(C)C)n[nH]2)C1. The quantitative estimate of drug-likeness (QED) is 0.834. The van der Waals surface area contributed by atoms with E-state index in [9.17, 15) is 9.18 Å². The number of morpholine rings is 1. The maximum Gasteiger partial charge on any atom is 0.282 e. The zero-order chi connectivity index (χ0) is 14.9. The summed E-state index contributed by atoms with van der Waals surface area (Å²) in [4.78, 5) is 17.4. The third kappa shape index (κ3) is 3.04. The lowest BCUT2D eigenvalue weighted by Gasteiger charge is -2.31. The Kier molecular flexibility index (Phi) is 3.89. The van der Waals surface area contributed by atoms with Crippen LogP contribution in [0.1, 0.15) is 38.5 Å². The number of hydrogen-bond acceptors (Lipinski definition) is 4. The van der Waals surface area contributed by atoms with Crippen LogP contribution in [0, 0.1) is 0 Å². The molecule has 1 amide bonds. The lowest BCUT2D eigenvalue weighted by atomic mass is 9.96. The van der Waals surface area contributed by atoms with Crippen LogP contribution in [0.15, 0.2) is 12.4 Å². The molecular weight excluding hydrogens is 263 g/mol. The molecule has 0 aliphatic carbocycles. The standard InChI is InChI=1S/C13H19FN4O2/c1-8(14)11(19)18-5-6-20-9(7-18)10-15-12(17-16-10)13(2,3)4/h9H,1,5-7H2,2-4H3,(H,15,16,17). The summed E-state index contributed by atoms with van der Waals surface area (Å²) >= 11 is 0. The number of aromatic nitrogens is 3. The first-order valence-corrected chi connectivity index (χ1v) is 6.47. The Hall–Kier alpha value is -1.76. The van der Waals surface area contributed by atoms with Crippen LogP contribution in [0.25, 0.3) is 0 Å². The van der Waals surface area contributed by atoms with Crippen molar-refractivity contribution in [2.75, 3.05) is 19.7 Å². The summed E-state index contributed by atoms with van der Waals surface area (Å²) in [6.45, 7) is 9.95. The normalized spacial score (nSPS) is 20.0. The molecule has 1 N–H and O–H groups in total. The number of amides is 1. The summed E-state index contributed by atoms with van der Waals surface area (Å²) in [7, 11) is 0. The molecule has 0 bridgehead atoms. The zero-order valence-electron chi connectivity index (χ0n) is 11.9. The molecule has 20 heavy (non-hydrogen) atoms. The fourth-order valence-electron chi connectivity index (χ4n) is 1.92. The molecule has 1 aromatic rings. The van der Waals surface area contributed by atoms with Gasteiger partial charge in [0.1, 0.15) is 6.10 Å². The summed E-state index contributed by atoms with van der Waals surface area (Å²) in [5.74, 6) is -0.432. The predicted octanol–water partition coefficient (Wildman–Crippen LogP) is 1.49. The van der Waals surface area contributed by atoms with Gasteiger partial charge in [0, 0.05) is 12.0 Å². The Labute approximate surface area is 117 Å². The average molecular weight is 282 g/mol. The minimum atomic E-state index is -0.960. The summed E-state index contributed by atoms with van der Waals surface area (Å²) in [6, 6.07) is 0. The average Bonchev–Trinajstić information content (AvgIpc) is 2.87. The van der Waals surface area contributed by atoms with Crippen molar-refractivity contribution in [1.82, 2.24) is 20.1 Å². The Morgan fingerprint density at radius 3 is 2.80 bits per heavy atom. The number of ether oxygens (including phenoxy) is 1. The van der Waals surface area contributed by atoms with E-state index in [1.54, 1.807) is 0 Å². The van der Waals surface area contributed by atoms with Gasteiger partial charge in [-0.05, 0) is 0 Å². The van der Waals surface area contributed by atoms with E-state index in [1.165, 1.54) is 4.90 Å². The van der Waals surface area contributed by atoms with Crippen LogP contribution in [0.5, 0.6) is 0 Å². The van der Waals surface area contributed by atoms with Crippen molar-refractivity contribution in [1.29, 1.82) is 0 Å². The molecule has 1 unspecified atom stereocenters. The molecule has 2 heterocycles. The summed E-state index contributed by atoms with van der Waals surface area (Å²) < 4.78 is 18.5. The summed E-state index contributed by atoms with van der Waals surface area (Å²) in [5, 5.41) is 6.99. The van der Waals surface area contributed by atoms with Gasteiger partial charge in [-0.1, -0.05) is 27.4 Å². The third-order valence-electron chi connectivity index (χ3n) is 3.06. The molecule has 1 aromatic heterocycles. The fraction of sp³-hybridized carbons (Fsp3) is 0.615. The Morgan fingerprint density at radius 2 is 2.25 bits per heavy atom. The second-order valence-electron chi connectivity index (χ2n) is 5.81. The first kappa shape index (κ1) is 14.6. The van der Waals surface area contributed by atoms with Gasteiger partial charge in [0.05, 0.1) is 13.2 Å². The highest BCUT2D eigenvalue weighted by atomic mass is 19.1. The zero-order valence-corrected chi connectivity index (χ0v) is 11.9. The van der Waals surface area contributed by atoms with Gasteiger partial charge in [0.15, 0.2) is 17.5 Å². The van der Waals surface area contributed by atoms with Crippen LogP contribution in [-0.2, 0) is 14.9 Å². The van der Waals surface area contributed by atoms with Crippen LogP contribution in [0.4, 0.5) is 4.39 Å². The van der Waals surface area contributed by atoms with Gasteiger partial charge >= 0.3 is 0 Å². The van der Waals surface area contributed by atoms with Crippen molar-refractivity contribution in [3.05, 3.63) is 24.1 Å². The van der Waals surface area contributed by atoms with Crippen LogP contribution in [0.2, 0.25) is 0 Å². The van der Waals surface area contributed by atoms with Gasteiger partial charge in [0.2, 0.25) is 0 Å². The summed E-state index contributed by atoms with van der Waals surface area (Å²) in [6.07, 6.45) is -0.421. The van der Waals surface area contributed by atoms with Crippen LogP contribution in [-0.4, -0.2) is 45.7 Å². The van der Waals surface area contributed by atoms with Gasteiger partial charge in [-0.15, -0.1) is 0 Å². The van der Waals surface area contributed by atoms with E-state index >= 15 is 0 Å². The number of carbonyl (C=O) groups excluding carboxylic acids is 1. The monoisotopic (exact) mass is 282 g/mol. The number of aromatic amines is 1.